The lowest BCUT2D eigenvalue weighted by molar-refractivity contribution is -0.277. The number of thioether (sulfide) groups is 1. The summed E-state index contributed by atoms with van der Waals surface area (Å²) in [5.41, 5.74) is 1.10. The number of carbonyl (C=O) groups excluding carboxylic acids is 1. The number of carbonyl (C=O) groups is 2. The largest absolute Gasteiger partial charge is 0.493 e. The lowest BCUT2D eigenvalue weighted by atomic mass is 9.99. The molecule has 37 heavy (non-hydrogen) atoms. The smallest absolute Gasteiger partial charge is 0.335 e. The summed E-state index contributed by atoms with van der Waals surface area (Å²) in [7, 11) is 1.39. The van der Waals surface area contributed by atoms with Crippen LogP contribution in [0.5, 0.6) is 11.5 Å². The third kappa shape index (κ3) is 5.48. The Balaban J connectivity index is 1.53. The lowest BCUT2D eigenvalue weighted by Gasteiger charge is -2.39. The van der Waals surface area contributed by atoms with Crippen molar-refractivity contribution in [3.63, 3.8) is 0 Å². The number of rotatable bonds is 7. The van der Waals surface area contributed by atoms with Crippen LogP contribution in [0.4, 0.5) is 5.69 Å². The minimum absolute atomic E-state index is 0.0860. The third-order valence-corrected chi connectivity index (χ3v) is 7.05. The molecule has 4 rings (SSSR count). The minimum Gasteiger partial charge on any atom is -0.493 e. The van der Waals surface area contributed by atoms with Crippen LogP contribution in [0.2, 0.25) is 0 Å². The van der Waals surface area contributed by atoms with Gasteiger partial charge >= 0.3 is 5.97 Å². The number of ether oxygens (including phenoxy) is 3. The second-order valence-electron chi connectivity index (χ2n) is 8.09. The van der Waals surface area contributed by atoms with Crippen LogP contribution in [0.25, 0.3) is 6.08 Å². The molecule has 0 saturated carbocycles. The number of thiocarbonyl (C=S) groups is 1. The Kier molecular flexibility index (Phi) is 8.14. The average Bonchev–Trinajstić information content (AvgIpc) is 3.17. The summed E-state index contributed by atoms with van der Waals surface area (Å²) in [6.45, 7) is -0.595. The first-order valence-electron chi connectivity index (χ1n) is 10.9. The predicted molar refractivity (Wildman–Crippen MR) is 136 cm³/mol. The topological polar surface area (TPSA) is 166 Å². The van der Waals surface area contributed by atoms with Crippen molar-refractivity contribution in [3.05, 3.63) is 58.5 Å². The van der Waals surface area contributed by atoms with Gasteiger partial charge in [-0.25, -0.2) is 4.79 Å². The first-order chi connectivity index (χ1) is 17.6. The molecule has 2 aromatic carbocycles. The number of hydrogen-bond donors (Lipinski definition) is 5. The van der Waals surface area contributed by atoms with Gasteiger partial charge in [0.1, 0.15) is 24.4 Å². The van der Waals surface area contributed by atoms with Crippen LogP contribution in [0.15, 0.2) is 47.4 Å². The number of nitrogens with zero attached hydrogens (tertiary/aromatic N) is 1. The quantitative estimate of drug-likeness (QED) is 0.246. The molecule has 0 aromatic heterocycles. The van der Waals surface area contributed by atoms with E-state index in [1.807, 2.05) is 0 Å². The van der Waals surface area contributed by atoms with E-state index in [4.69, 9.17) is 31.5 Å². The number of carboxylic acid groups (broad SMARTS) is 1. The molecular weight excluding hydrogens is 526 g/mol. The van der Waals surface area contributed by atoms with E-state index in [1.165, 1.54) is 42.3 Å². The van der Waals surface area contributed by atoms with E-state index < -0.39 is 43.3 Å². The first kappa shape index (κ1) is 27.0. The fourth-order valence-electron chi connectivity index (χ4n) is 3.76. The van der Waals surface area contributed by atoms with Gasteiger partial charge in [-0.3, -0.25) is 9.69 Å². The van der Waals surface area contributed by atoms with Gasteiger partial charge in [0.05, 0.1) is 29.9 Å². The number of hydrogen-bond acceptors (Lipinski definition) is 11. The maximum absolute atomic E-state index is 13.0. The standard InChI is InChI=1S/C24H23NO10S2/c1-33-15-8-11(2-7-14(15)34-23-20(29)19(28)18(27)16(10-26)35-23)9-17-21(30)25(24(36)37-17)13-5-3-12(4-6-13)22(31)32/h2-9,16,18-20,23,26-29H,10H2,1H3,(H,31,32)/b17-9-/t16-,18+,19+,20-,23-/m1/s1. The highest BCUT2D eigenvalue weighted by atomic mass is 32.2. The summed E-state index contributed by atoms with van der Waals surface area (Å²) < 4.78 is 16.7. The van der Waals surface area contributed by atoms with Crippen molar-refractivity contribution in [3.8, 4) is 11.5 Å². The molecule has 5 N–H and O–H groups in total. The maximum atomic E-state index is 13.0. The Labute approximate surface area is 220 Å². The molecule has 5 atom stereocenters. The van der Waals surface area contributed by atoms with E-state index in [9.17, 15) is 30.0 Å². The molecule has 0 aliphatic carbocycles. The highest BCUT2D eigenvalue weighted by Crippen LogP contribution is 2.38. The van der Waals surface area contributed by atoms with Gasteiger partial charge in [0.15, 0.2) is 15.8 Å². The summed E-state index contributed by atoms with van der Waals surface area (Å²) in [5.74, 6) is -1.08. The highest BCUT2D eigenvalue weighted by Gasteiger charge is 2.45. The molecule has 2 fully saturated rings. The SMILES string of the molecule is COc1cc(/C=C2\SC(=S)N(c3ccc(C(=O)O)cc3)C2=O)ccc1O[C@@H]1O[C@H](CO)[C@H](O)[C@H](O)[C@H]1O. The van der Waals surface area contributed by atoms with Crippen LogP contribution >= 0.6 is 24.0 Å². The van der Waals surface area contributed by atoms with Crippen LogP contribution in [0.3, 0.4) is 0 Å². The zero-order chi connectivity index (χ0) is 26.9. The van der Waals surface area contributed by atoms with Crippen molar-refractivity contribution < 1.29 is 49.3 Å². The summed E-state index contributed by atoms with van der Waals surface area (Å²) >= 11 is 6.44. The molecule has 2 saturated heterocycles. The van der Waals surface area contributed by atoms with Crippen molar-refractivity contribution in [2.24, 2.45) is 0 Å². The Hall–Kier alpha value is -3.04. The predicted octanol–water partition coefficient (Wildman–Crippen LogP) is 0.978. The van der Waals surface area contributed by atoms with Crippen LogP contribution in [0, 0.1) is 0 Å². The van der Waals surface area contributed by atoms with Gasteiger partial charge in [-0.1, -0.05) is 30.0 Å². The molecule has 0 bridgehead atoms. The number of aliphatic hydroxyl groups is 4. The maximum Gasteiger partial charge on any atom is 0.335 e. The van der Waals surface area contributed by atoms with Gasteiger partial charge in [-0.2, -0.15) is 0 Å². The summed E-state index contributed by atoms with van der Waals surface area (Å²) in [6.07, 6.45) is -5.62. The van der Waals surface area contributed by atoms with E-state index in [2.05, 4.69) is 0 Å². The molecule has 2 aliphatic rings. The van der Waals surface area contributed by atoms with Crippen molar-refractivity contribution in [1.82, 2.24) is 0 Å². The van der Waals surface area contributed by atoms with E-state index in [0.717, 1.165) is 11.8 Å². The van der Waals surface area contributed by atoms with E-state index in [0.29, 0.717) is 16.2 Å². The molecule has 2 heterocycles. The lowest BCUT2D eigenvalue weighted by Crippen LogP contribution is -2.60. The summed E-state index contributed by atoms with van der Waals surface area (Å²) in [5, 5.41) is 48.6. The second-order valence-corrected chi connectivity index (χ2v) is 9.77. The Morgan fingerprint density at radius 2 is 1.81 bits per heavy atom. The minimum atomic E-state index is -1.59. The van der Waals surface area contributed by atoms with Crippen molar-refractivity contribution in [2.45, 2.75) is 30.7 Å². The molecular formula is C24H23NO10S2. The second kappa shape index (κ2) is 11.1. The Morgan fingerprint density at radius 3 is 2.43 bits per heavy atom. The number of methoxy groups -OCH3 is 1. The van der Waals surface area contributed by atoms with Gasteiger partial charge in [-0.15, -0.1) is 0 Å². The van der Waals surface area contributed by atoms with Gasteiger partial charge in [0.2, 0.25) is 6.29 Å². The van der Waals surface area contributed by atoms with E-state index in [1.54, 1.807) is 18.2 Å². The van der Waals surface area contributed by atoms with Gasteiger partial charge in [-0.05, 0) is 48.0 Å². The normalized spacial score (nSPS) is 27.0. The van der Waals surface area contributed by atoms with Gasteiger partial charge in [0.25, 0.3) is 5.91 Å². The molecule has 11 nitrogen and oxygen atoms in total. The van der Waals surface area contributed by atoms with Crippen molar-refractivity contribution >= 4 is 51.9 Å². The average molecular weight is 550 g/mol. The number of anilines is 1. The van der Waals surface area contributed by atoms with Gasteiger partial charge in [0, 0.05) is 0 Å². The van der Waals surface area contributed by atoms with Crippen molar-refractivity contribution in [2.75, 3.05) is 18.6 Å². The van der Waals surface area contributed by atoms with E-state index in [-0.39, 0.29) is 27.3 Å². The van der Waals surface area contributed by atoms with Crippen LogP contribution < -0.4 is 14.4 Å². The fraction of sp³-hybridized carbons (Fsp3) is 0.292. The summed E-state index contributed by atoms with van der Waals surface area (Å²) in [6, 6.07) is 10.5. The molecule has 196 valence electrons. The molecule has 2 aliphatic heterocycles. The number of benzene rings is 2. The highest BCUT2D eigenvalue weighted by molar-refractivity contribution is 8.27. The Bertz CT molecular complexity index is 1230. The number of carboxylic acids is 1. The Morgan fingerprint density at radius 1 is 1.11 bits per heavy atom. The number of aromatic carboxylic acids is 1. The van der Waals surface area contributed by atoms with E-state index >= 15 is 0 Å². The fourth-order valence-corrected chi connectivity index (χ4v) is 5.05. The molecule has 0 unspecified atom stereocenters. The third-order valence-electron chi connectivity index (χ3n) is 5.74. The van der Waals surface area contributed by atoms with Crippen LogP contribution in [0.1, 0.15) is 15.9 Å². The molecule has 0 spiro atoms. The first-order valence-corrected chi connectivity index (χ1v) is 12.1. The number of aliphatic hydroxyl groups excluding tert-OH is 4. The summed E-state index contributed by atoms with van der Waals surface area (Å²) in [4.78, 5) is 25.8. The monoisotopic (exact) mass is 549 g/mol. The van der Waals surface area contributed by atoms with Crippen molar-refractivity contribution in [1.29, 1.82) is 0 Å². The van der Waals surface area contributed by atoms with Crippen LogP contribution in [-0.4, -0.2) is 86.2 Å². The molecule has 0 radical (unpaired) electrons. The zero-order valence-corrected chi connectivity index (χ0v) is 20.9. The number of amides is 1. The molecule has 2 aromatic rings. The van der Waals surface area contributed by atoms with Gasteiger partial charge < -0.3 is 39.7 Å². The van der Waals surface area contributed by atoms with Crippen LogP contribution in [-0.2, 0) is 9.53 Å². The zero-order valence-electron chi connectivity index (χ0n) is 19.3. The molecule has 13 heteroatoms. The molecule has 1 amide bonds.